The number of hydrogen-bond donors (Lipinski definition) is 2. The molecule has 4 rings (SSSR count). The molecule has 0 radical (unpaired) electrons. The summed E-state index contributed by atoms with van der Waals surface area (Å²) in [6.45, 7) is 5.91. The maximum Gasteiger partial charge on any atom is 0.267 e. The highest BCUT2D eigenvalue weighted by Crippen LogP contribution is 2.29. The zero-order valence-corrected chi connectivity index (χ0v) is 19.8. The number of carbonyl (C=O) groups is 1. The fraction of sp³-hybridized carbons (Fsp3) is 0.375. The molecule has 2 heterocycles. The molecule has 1 amide bonds. The van der Waals surface area contributed by atoms with Crippen LogP contribution in [0, 0.1) is 0 Å². The average Bonchev–Trinajstić information content (AvgIpc) is 3.24. The van der Waals surface area contributed by atoms with Gasteiger partial charge in [-0.25, -0.2) is 0 Å². The molecule has 2 N–H and O–H groups in total. The summed E-state index contributed by atoms with van der Waals surface area (Å²) >= 11 is 2.24. The van der Waals surface area contributed by atoms with Gasteiger partial charge in [0.1, 0.15) is 16.1 Å². The molecule has 1 fully saturated rings. The number of para-hydroxylation sites is 3. The molecule has 7 heteroatoms. The molecule has 6 nitrogen and oxygen atoms in total. The highest BCUT2D eigenvalue weighted by atomic mass is 127. The molecular formula is C24H29IN4O2. The van der Waals surface area contributed by atoms with Gasteiger partial charge in [-0.15, -0.1) is 0 Å². The number of anilines is 1. The average molecular weight is 532 g/mol. The van der Waals surface area contributed by atoms with Gasteiger partial charge in [0.2, 0.25) is 0 Å². The predicted octanol–water partition coefficient (Wildman–Crippen LogP) is 4.27. The van der Waals surface area contributed by atoms with Crippen LogP contribution in [0.3, 0.4) is 0 Å². The van der Waals surface area contributed by atoms with Crippen LogP contribution in [0.1, 0.15) is 23.3 Å². The Kier molecular flexibility index (Phi) is 7.69. The topological polar surface area (TPSA) is 60.6 Å². The molecule has 0 unspecified atom stereocenters. The maximum absolute atomic E-state index is 12.4. The van der Waals surface area contributed by atoms with Gasteiger partial charge in [-0.3, -0.25) is 9.69 Å². The maximum atomic E-state index is 12.4. The van der Waals surface area contributed by atoms with E-state index >= 15 is 0 Å². The Balaban J connectivity index is 1.15. The number of amides is 1. The van der Waals surface area contributed by atoms with Crippen LogP contribution in [-0.2, 0) is 0 Å². The largest absolute Gasteiger partial charge is 0.481 e. The second-order valence-electron chi connectivity index (χ2n) is 7.78. The van der Waals surface area contributed by atoms with Crippen LogP contribution in [0.25, 0.3) is 10.9 Å². The number of carbonyl (C=O) groups excluding carboxylic acids is 1. The van der Waals surface area contributed by atoms with Crippen molar-refractivity contribution in [2.45, 2.75) is 12.8 Å². The fourth-order valence-corrected chi connectivity index (χ4v) is 4.40. The van der Waals surface area contributed by atoms with Gasteiger partial charge < -0.3 is 19.9 Å². The van der Waals surface area contributed by atoms with Crippen LogP contribution < -0.4 is 15.0 Å². The molecule has 0 bridgehead atoms. The Morgan fingerprint density at radius 1 is 1.03 bits per heavy atom. The second kappa shape index (κ2) is 10.9. The Morgan fingerprint density at radius 3 is 2.61 bits per heavy atom. The fourth-order valence-electron chi connectivity index (χ4n) is 4.06. The van der Waals surface area contributed by atoms with Crippen LogP contribution in [0.4, 0.5) is 5.69 Å². The molecule has 1 aliphatic rings. The normalized spacial score (nSPS) is 14.7. The first kappa shape index (κ1) is 22.0. The van der Waals surface area contributed by atoms with Gasteiger partial charge in [-0.1, -0.05) is 30.3 Å². The van der Waals surface area contributed by atoms with E-state index in [1.165, 1.54) is 5.69 Å². The summed E-state index contributed by atoms with van der Waals surface area (Å²) in [5.74, 6) is 0.938. The Morgan fingerprint density at radius 2 is 1.81 bits per heavy atom. The number of fused-ring (bicyclic) bond motifs is 1. The molecule has 1 aliphatic heterocycles. The zero-order valence-electron chi connectivity index (χ0n) is 17.6. The van der Waals surface area contributed by atoms with E-state index in [4.69, 9.17) is 4.74 Å². The summed E-state index contributed by atoms with van der Waals surface area (Å²) in [5.41, 5.74) is 2.82. The minimum Gasteiger partial charge on any atom is -0.481 e. The molecule has 0 aliphatic carbocycles. The number of benzene rings is 2. The number of aromatic amines is 1. The van der Waals surface area contributed by atoms with Crippen molar-refractivity contribution in [3.63, 3.8) is 0 Å². The quantitative estimate of drug-likeness (QED) is 0.246. The number of ether oxygens (including phenoxy) is 1. The molecule has 0 saturated carbocycles. The first-order valence-electron chi connectivity index (χ1n) is 10.9. The monoisotopic (exact) mass is 532 g/mol. The van der Waals surface area contributed by atoms with Gasteiger partial charge in [-0.05, 0) is 66.2 Å². The molecule has 164 valence electrons. The van der Waals surface area contributed by atoms with Gasteiger partial charge in [0, 0.05) is 43.6 Å². The molecule has 0 atom stereocenters. The van der Waals surface area contributed by atoms with Crippen molar-refractivity contribution in [2.24, 2.45) is 0 Å². The van der Waals surface area contributed by atoms with Crippen molar-refractivity contribution in [3.8, 4) is 5.75 Å². The van der Waals surface area contributed by atoms with E-state index in [0.717, 1.165) is 62.2 Å². The van der Waals surface area contributed by atoms with Crippen molar-refractivity contribution < 1.29 is 9.53 Å². The smallest absolute Gasteiger partial charge is 0.267 e. The minimum absolute atomic E-state index is 0.0304. The number of H-pyrrole nitrogens is 1. The second-order valence-corrected chi connectivity index (χ2v) is 8.41. The van der Waals surface area contributed by atoms with Crippen LogP contribution >= 0.6 is 22.6 Å². The van der Waals surface area contributed by atoms with Gasteiger partial charge in [-0.2, -0.15) is 0 Å². The zero-order chi connectivity index (χ0) is 21.5. The molecule has 3 aromatic rings. The first-order chi connectivity index (χ1) is 15.2. The molecule has 1 saturated heterocycles. The van der Waals surface area contributed by atoms with E-state index in [0.29, 0.717) is 16.9 Å². The number of nitrogens with one attached hydrogen (secondary N) is 2. The Hall–Kier alpha value is -2.26. The van der Waals surface area contributed by atoms with Gasteiger partial charge in [0.05, 0.1) is 5.69 Å². The molecular weight excluding hydrogens is 503 g/mol. The molecule has 0 spiro atoms. The van der Waals surface area contributed by atoms with Crippen LogP contribution in [0.5, 0.6) is 5.75 Å². The number of halogens is 1. The summed E-state index contributed by atoms with van der Waals surface area (Å²) in [5, 5.41) is 4.10. The van der Waals surface area contributed by atoms with Crippen molar-refractivity contribution in [1.82, 2.24) is 15.2 Å². The highest BCUT2D eigenvalue weighted by molar-refractivity contribution is 14.1. The van der Waals surface area contributed by atoms with Crippen molar-refractivity contribution in [1.29, 1.82) is 0 Å². The van der Waals surface area contributed by atoms with E-state index in [1.807, 2.05) is 42.5 Å². The van der Waals surface area contributed by atoms with E-state index in [-0.39, 0.29) is 5.91 Å². The first-order valence-corrected chi connectivity index (χ1v) is 12.4. The number of nitrogens with zero attached hydrogens (tertiary/aromatic N) is 2. The summed E-state index contributed by atoms with van der Waals surface area (Å²) in [4.78, 5) is 20.5. The molecule has 2 aromatic carbocycles. The van der Waals surface area contributed by atoms with Gasteiger partial charge in [0.25, 0.3) is 5.91 Å². The van der Waals surface area contributed by atoms with Crippen molar-refractivity contribution in [2.75, 3.05) is 48.8 Å². The molecule has 31 heavy (non-hydrogen) atoms. The third-order valence-electron chi connectivity index (χ3n) is 5.75. The number of rotatable bonds is 9. The van der Waals surface area contributed by atoms with E-state index in [1.54, 1.807) is 0 Å². The van der Waals surface area contributed by atoms with Crippen molar-refractivity contribution >= 4 is 45.1 Å². The van der Waals surface area contributed by atoms with Crippen molar-refractivity contribution in [3.05, 3.63) is 60.3 Å². The number of piperazine rings is 1. The Bertz CT molecular complexity index is 965. The third kappa shape index (κ3) is 5.71. The standard InChI is InChI=1S/C24H29IN4O2/c25-18-31-23-10-4-3-9-22(23)29-15-13-28(14-16-29)12-6-5-11-26-24(30)21-17-19-7-1-2-8-20(19)27-21/h1-4,7-10,17,27H,5-6,11-16,18H2,(H,26,30). The van der Waals surface area contributed by atoms with Crippen LogP contribution in [0.15, 0.2) is 54.6 Å². The lowest BCUT2D eigenvalue weighted by Crippen LogP contribution is -2.46. The number of hydrogen-bond acceptors (Lipinski definition) is 4. The summed E-state index contributed by atoms with van der Waals surface area (Å²) < 4.78 is 6.43. The predicted molar refractivity (Wildman–Crippen MR) is 134 cm³/mol. The van der Waals surface area contributed by atoms with E-state index in [2.05, 4.69) is 54.8 Å². The lowest BCUT2D eigenvalue weighted by molar-refractivity contribution is 0.0948. The lowest BCUT2D eigenvalue weighted by atomic mass is 10.2. The van der Waals surface area contributed by atoms with Crippen LogP contribution in [-0.4, -0.2) is 59.7 Å². The number of alkyl halides is 1. The van der Waals surface area contributed by atoms with Crippen LogP contribution in [0.2, 0.25) is 0 Å². The molecule has 1 aromatic heterocycles. The SMILES string of the molecule is O=C(NCCCCN1CCN(c2ccccc2OCI)CC1)c1cc2ccccc2[nH]1. The highest BCUT2D eigenvalue weighted by Gasteiger charge is 2.19. The third-order valence-corrected chi connectivity index (χ3v) is 6.06. The summed E-state index contributed by atoms with van der Waals surface area (Å²) in [7, 11) is 0. The Labute approximate surface area is 197 Å². The summed E-state index contributed by atoms with van der Waals surface area (Å²) in [6, 6.07) is 18.2. The van der Waals surface area contributed by atoms with E-state index < -0.39 is 0 Å². The van der Waals surface area contributed by atoms with E-state index in [9.17, 15) is 4.79 Å². The number of unbranched alkanes of at least 4 members (excludes halogenated alkanes) is 1. The summed E-state index contributed by atoms with van der Waals surface area (Å²) in [6.07, 6.45) is 2.07. The van der Waals surface area contributed by atoms with Gasteiger partial charge >= 0.3 is 0 Å². The van der Waals surface area contributed by atoms with Gasteiger partial charge in [0.15, 0.2) is 0 Å². The lowest BCUT2D eigenvalue weighted by Gasteiger charge is -2.36. The minimum atomic E-state index is -0.0304. The number of aromatic nitrogens is 1.